The molecule has 0 bridgehead atoms. The number of piperidine rings is 1. The zero-order chi connectivity index (χ0) is 15.6. The molecule has 0 saturated carbocycles. The van der Waals surface area contributed by atoms with E-state index in [1.807, 2.05) is 0 Å². The summed E-state index contributed by atoms with van der Waals surface area (Å²) in [6.07, 6.45) is 2.53. The lowest BCUT2D eigenvalue weighted by atomic mass is 9.84. The lowest BCUT2D eigenvalue weighted by Gasteiger charge is -2.35. The minimum Gasteiger partial charge on any atom is -0.496 e. The van der Waals surface area contributed by atoms with Crippen LogP contribution in [0.25, 0.3) is 0 Å². The summed E-state index contributed by atoms with van der Waals surface area (Å²) in [6.45, 7) is 13.8. The van der Waals surface area contributed by atoms with E-state index in [4.69, 9.17) is 4.74 Å². The Balaban J connectivity index is 2.21. The second-order valence-corrected chi connectivity index (χ2v) is 7.01. The van der Waals surface area contributed by atoms with Crippen molar-refractivity contribution in [3.05, 3.63) is 28.8 Å². The zero-order valence-electron chi connectivity index (χ0n) is 14.6. The minimum atomic E-state index is 0.510. The van der Waals surface area contributed by atoms with Gasteiger partial charge in [0, 0.05) is 6.04 Å². The van der Waals surface area contributed by atoms with E-state index in [9.17, 15) is 0 Å². The molecule has 1 aromatic rings. The van der Waals surface area contributed by atoms with Crippen molar-refractivity contribution in [3.63, 3.8) is 0 Å². The summed E-state index contributed by atoms with van der Waals surface area (Å²) in [5, 5.41) is 0. The largest absolute Gasteiger partial charge is 0.496 e. The van der Waals surface area contributed by atoms with E-state index in [1.165, 1.54) is 42.6 Å². The van der Waals surface area contributed by atoms with Crippen LogP contribution in [0.3, 0.4) is 0 Å². The first-order valence-electron chi connectivity index (χ1n) is 8.36. The van der Waals surface area contributed by atoms with Crippen LogP contribution < -0.4 is 4.74 Å². The zero-order valence-corrected chi connectivity index (χ0v) is 14.6. The Morgan fingerprint density at radius 1 is 1.10 bits per heavy atom. The molecule has 0 N–H and O–H groups in total. The molecule has 1 saturated heterocycles. The summed E-state index contributed by atoms with van der Waals surface area (Å²) in [7, 11) is 1.79. The molecule has 2 nitrogen and oxygen atoms in total. The molecule has 0 spiro atoms. The second kappa shape index (κ2) is 6.83. The standard InChI is InChI=1S/C19H31NO/c1-13(2)17-11-15(5)18(12-19(17)21-6)16-7-9-20(10-8-16)14(3)4/h11-14,16H,7-10H2,1-6H3. The SMILES string of the molecule is COc1cc(C2CCN(C(C)C)CC2)c(C)cc1C(C)C. The maximum absolute atomic E-state index is 5.64. The Morgan fingerprint density at radius 2 is 1.71 bits per heavy atom. The Bertz CT molecular complexity index is 471. The lowest BCUT2D eigenvalue weighted by molar-refractivity contribution is 0.171. The summed E-state index contributed by atoms with van der Waals surface area (Å²) in [6, 6.07) is 5.32. The van der Waals surface area contributed by atoms with E-state index in [2.05, 4.69) is 51.7 Å². The quantitative estimate of drug-likeness (QED) is 0.795. The van der Waals surface area contributed by atoms with Crippen LogP contribution in [0.5, 0.6) is 5.75 Å². The van der Waals surface area contributed by atoms with Gasteiger partial charge in [-0.15, -0.1) is 0 Å². The third kappa shape index (κ3) is 3.60. The van der Waals surface area contributed by atoms with Gasteiger partial charge in [-0.1, -0.05) is 19.9 Å². The van der Waals surface area contributed by atoms with E-state index < -0.39 is 0 Å². The van der Waals surface area contributed by atoms with Crippen LogP contribution in [0.1, 0.15) is 69.1 Å². The van der Waals surface area contributed by atoms with Crippen molar-refractivity contribution in [2.24, 2.45) is 0 Å². The van der Waals surface area contributed by atoms with Crippen LogP contribution in [-0.4, -0.2) is 31.1 Å². The van der Waals surface area contributed by atoms with Crippen molar-refractivity contribution in [3.8, 4) is 5.75 Å². The summed E-state index contributed by atoms with van der Waals surface area (Å²) < 4.78 is 5.64. The molecule has 1 aliphatic rings. The second-order valence-electron chi connectivity index (χ2n) is 7.01. The molecule has 1 aliphatic heterocycles. The van der Waals surface area contributed by atoms with Gasteiger partial charge in [-0.2, -0.15) is 0 Å². The molecule has 2 rings (SSSR count). The molecule has 0 radical (unpaired) electrons. The number of methoxy groups -OCH3 is 1. The van der Waals surface area contributed by atoms with E-state index in [1.54, 1.807) is 7.11 Å². The van der Waals surface area contributed by atoms with Gasteiger partial charge in [0.2, 0.25) is 0 Å². The molecule has 118 valence electrons. The van der Waals surface area contributed by atoms with E-state index in [0.717, 1.165) is 5.75 Å². The highest BCUT2D eigenvalue weighted by Gasteiger charge is 2.24. The first kappa shape index (κ1) is 16.4. The van der Waals surface area contributed by atoms with Gasteiger partial charge in [-0.25, -0.2) is 0 Å². The number of hydrogen-bond donors (Lipinski definition) is 0. The number of rotatable bonds is 4. The molecule has 0 unspecified atom stereocenters. The van der Waals surface area contributed by atoms with Crippen molar-refractivity contribution in [1.29, 1.82) is 0 Å². The van der Waals surface area contributed by atoms with Gasteiger partial charge in [-0.05, 0) is 81.3 Å². The number of nitrogens with zero attached hydrogens (tertiary/aromatic N) is 1. The van der Waals surface area contributed by atoms with Gasteiger partial charge in [0.15, 0.2) is 0 Å². The highest BCUT2D eigenvalue weighted by molar-refractivity contribution is 5.45. The minimum absolute atomic E-state index is 0.510. The van der Waals surface area contributed by atoms with Crippen LogP contribution in [0.4, 0.5) is 0 Å². The van der Waals surface area contributed by atoms with Gasteiger partial charge in [-0.3, -0.25) is 0 Å². The lowest BCUT2D eigenvalue weighted by Crippen LogP contribution is -2.37. The molecule has 2 heteroatoms. The molecule has 0 aliphatic carbocycles. The number of benzene rings is 1. The normalized spacial score (nSPS) is 17.7. The van der Waals surface area contributed by atoms with Crippen molar-refractivity contribution in [2.45, 2.75) is 65.3 Å². The topological polar surface area (TPSA) is 12.5 Å². The number of ether oxygens (including phenoxy) is 1. The molecular weight excluding hydrogens is 258 g/mol. The van der Waals surface area contributed by atoms with Gasteiger partial charge in [0.25, 0.3) is 0 Å². The number of aryl methyl sites for hydroxylation is 1. The maximum atomic E-state index is 5.64. The third-order valence-electron chi connectivity index (χ3n) is 4.94. The Hall–Kier alpha value is -1.02. The first-order valence-corrected chi connectivity index (χ1v) is 8.36. The fourth-order valence-electron chi connectivity index (χ4n) is 3.52. The van der Waals surface area contributed by atoms with Crippen molar-refractivity contribution >= 4 is 0 Å². The highest BCUT2D eigenvalue weighted by atomic mass is 16.5. The van der Waals surface area contributed by atoms with Crippen LogP contribution in [-0.2, 0) is 0 Å². The van der Waals surface area contributed by atoms with Gasteiger partial charge < -0.3 is 9.64 Å². The predicted molar refractivity (Wildman–Crippen MR) is 90.5 cm³/mol. The van der Waals surface area contributed by atoms with Crippen LogP contribution in [0, 0.1) is 6.92 Å². The smallest absolute Gasteiger partial charge is 0.122 e. The molecule has 1 fully saturated rings. The summed E-state index contributed by atoms with van der Waals surface area (Å²) in [5.41, 5.74) is 4.26. The number of likely N-dealkylation sites (tertiary alicyclic amines) is 1. The molecule has 0 aromatic heterocycles. The van der Waals surface area contributed by atoms with Crippen LogP contribution in [0.2, 0.25) is 0 Å². The fraction of sp³-hybridized carbons (Fsp3) is 0.684. The Labute approximate surface area is 130 Å². The molecule has 0 amide bonds. The van der Waals surface area contributed by atoms with Crippen LogP contribution >= 0.6 is 0 Å². The van der Waals surface area contributed by atoms with Crippen molar-refractivity contribution < 1.29 is 4.74 Å². The third-order valence-corrected chi connectivity index (χ3v) is 4.94. The van der Waals surface area contributed by atoms with Gasteiger partial charge in [0.1, 0.15) is 5.75 Å². The average molecular weight is 289 g/mol. The Kier molecular flexibility index (Phi) is 5.32. The van der Waals surface area contributed by atoms with Crippen LogP contribution in [0.15, 0.2) is 12.1 Å². The highest BCUT2D eigenvalue weighted by Crippen LogP contribution is 2.36. The predicted octanol–water partition coefficient (Wildman–Crippen LogP) is 4.71. The van der Waals surface area contributed by atoms with E-state index >= 15 is 0 Å². The molecular formula is C19H31NO. The van der Waals surface area contributed by atoms with E-state index in [0.29, 0.717) is 17.9 Å². The molecule has 0 atom stereocenters. The molecule has 21 heavy (non-hydrogen) atoms. The summed E-state index contributed by atoms with van der Waals surface area (Å²) in [4.78, 5) is 2.59. The van der Waals surface area contributed by atoms with E-state index in [-0.39, 0.29) is 0 Å². The van der Waals surface area contributed by atoms with Crippen molar-refractivity contribution in [1.82, 2.24) is 4.90 Å². The average Bonchev–Trinajstić information content (AvgIpc) is 2.47. The first-order chi connectivity index (χ1) is 9.93. The summed E-state index contributed by atoms with van der Waals surface area (Å²) >= 11 is 0. The number of hydrogen-bond acceptors (Lipinski definition) is 2. The Morgan fingerprint density at radius 3 is 2.19 bits per heavy atom. The monoisotopic (exact) mass is 289 g/mol. The molecule has 1 aromatic carbocycles. The van der Waals surface area contributed by atoms with Gasteiger partial charge >= 0.3 is 0 Å². The summed E-state index contributed by atoms with van der Waals surface area (Å²) in [5.74, 6) is 2.27. The molecule has 1 heterocycles. The van der Waals surface area contributed by atoms with Crippen molar-refractivity contribution in [2.75, 3.05) is 20.2 Å². The maximum Gasteiger partial charge on any atom is 0.122 e. The fourth-order valence-corrected chi connectivity index (χ4v) is 3.52. The van der Waals surface area contributed by atoms with Gasteiger partial charge in [0.05, 0.1) is 7.11 Å².